The van der Waals surface area contributed by atoms with Crippen LogP contribution in [0.4, 0.5) is 10.5 Å². The van der Waals surface area contributed by atoms with Crippen LogP contribution < -0.4 is 10.6 Å². The van der Waals surface area contributed by atoms with Crippen molar-refractivity contribution >= 4 is 34.2 Å². The van der Waals surface area contributed by atoms with Gasteiger partial charge in [-0.3, -0.25) is 9.53 Å². The lowest BCUT2D eigenvalue weighted by Gasteiger charge is -2.51. The Hall–Kier alpha value is -2.30. The fraction of sp³-hybridized carbons (Fsp3) is 0.625. The summed E-state index contributed by atoms with van der Waals surface area (Å²) in [5, 5.41) is 6.57. The van der Waals surface area contributed by atoms with Crippen molar-refractivity contribution in [2.45, 2.75) is 55.1 Å². The van der Waals surface area contributed by atoms with Gasteiger partial charge in [0.25, 0.3) is 0 Å². The summed E-state index contributed by atoms with van der Waals surface area (Å²) in [6.45, 7) is 3.04. The Morgan fingerprint density at radius 3 is 2.76 bits per heavy atom. The van der Waals surface area contributed by atoms with Crippen LogP contribution in [0.25, 0.3) is 0 Å². The number of likely N-dealkylation sites (tertiary alicyclic amines) is 1. The number of ether oxygens (including phenoxy) is 1. The number of anilines is 1. The van der Waals surface area contributed by atoms with Crippen LogP contribution in [0.3, 0.4) is 0 Å². The van der Waals surface area contributed by atoms with E-state index in [1.165, 1.54) is 5.56 Å². The SMILES string of the molecule is CN1C(=O)Nc2ccccc2C12CCN(C1=NC(NC3CCOCC3)C3C(=N1)CCS3=O)CC2. The first-order valence-electron chi connectivity index (χ1n) is 12.3. The van der Waals surface area contributed by atoms with Crippen LogP contribution in [-0.2, 0) is 21.1 Å². The Morgan fingerprint density at radius 1 is 1.21 bits per heavy atom. The van der Waals surface area contributed by atoms with Gasteiger partial charge in [0.2, 0.25) is 5.96 Å². The van der Waals surface area contributed by atoms with Gasteiger partial charge in [0, 0.05) is 72.9 Å². The van der Waals surface area contributed by atoms with Crippen molar-refractivity contribution in [2.75, 3.05) is 44.4 Å². The number of nitrogens with one attached hydrogen (secondary N) is 2. The van der Waals surface area contributed by atoms with E-state index >= 15 is 0 Å². The van der Waals surface area contributed by atoms with E-state index in [1.807, 2.05) is 30.1 Å². The summed E-state index contributed by atoms with van der Waals surface area (Å²) in [6.07, 6.45) is 4.10. The first kappa shape index (κ1) is 22.2. The van der Waals surface area contributed by atoms with E-state index in [0.29, 0.717) is 11.8 Å². The number of nitrogens with zero attached hydrogens (tertiary/aromatic N) is 4. The molecule has 5 aliphatic rings. The Balaban J connectivity index is 1.24. The number of carbonyl (C=O) groups is 1. The van der Waals surface area contributed by atoms with Gasteiger partial charge in [-0.05, 0) is 38.2 Å². The van der Waals surface area contributed by atoms with E-state index in [-0.39, 0.29) is 23.0 Å². The summed E-state index contributed by atoms with van der Waals surface area (Å²) in [4.78, 5) is 26.8. The molecule has 2 amide bonds. The van der Waals surface area contributed by atoms with E-state index in [0.717, 1.165) is 75.8 Å². The maximum absolute atomic E-state index is 12.8. The van der Waals surface area contributed by atoms with Gasteiger partial charge in [0.15, 0.2) is 0 Å². The second kappa shape index (κ2) is 8.73. The number of piperidine rings is 1. The quantitative estimate of drug-likeness (QED) is 0.668. The first-order chi connectivity index (χ1) is 16.5. The summed E-state index contributed by atoms with van der Waals surface area (Å²) < 4.78 is 18.3. The summed E-state index contributed by atoms with van der Waals surface area (Å²) in [5.41, 5.74) is 2.78. The smallest absolute Gasteiger partial charge is 0.322 e. The number of guanidine groups is 1. The number of amides is 2. The second-order valence-electron chi connectivity index (χ2n) is 9.84. The molecule has 10 heteroatoms. The molecule has 182 valence electrons. The van der Waals surface area contributed by atoms with Crippen molar-refractivity contribution in [1.82, 2.24) is 15.1 Å². The lowest BCUT2D eigenvalue weighted by atomic mass is 9.77. The molecule has 0 radical (unpaired) electrons. The van der Waals surface area contributed by atoms with Gasteiger partial charge < -0.3 is 19.9 Å². The number of hydrogen-bond acceptors (Lipinski definition) is 7. The molecule has 3 saturated heterocycles. The molecule has 1 spiro atoms. The Kier molecular flexibility index (Phi) is 5.69. The van der Waals surface area contributed by atoms with Gasteiger partial charge in [-0.2, -0.15) is 0 Å². The molecule has 1 aromatic carbocycles. The minimum absolute atomic E-state index is 0.0561. The summed E-state index contributed by atoms with van der Waals surface area (Å²) in [5.74, 6) is 1.42. The molecule has 6 rings (SSSR count). The maximum atomic E-state index is 12.8. The molecule has 3 atom stereocenters. The zero-order valence-corrected chi connectivity index (χ0v) is 20.4. The molecular weight excluding hydrogens is 452 g/mol. The van der Waals surface area contributed by atoms with E-state index in [1.54, 1.807) is 0 Å². The third-order valence-electron chi connectivity index (χ3n) is 8.07. The predicted molar refractivity (Wildman–Crippen MR) is 133 cm³/mol. The van der Waals surface area contributed by atoms with Crippen molar-refractivity contribution in [1.29, 1.82) is 0 Å². The largest absolute Gasteiger partial charge is 0.381 e. The average molecular weight is 485 g/mol. The predicted octanol–water partition coefficient (Wildman–Crippen LogP) is 1.88. The molecule has 5 aliphatic heterocycles. The number of carbonyl (C=O) groups excluding carboxylic acids is 1. The molecule has 3 unspecified atom stereocenters. The van der Waals surface area contributed by atoms with Crippen molar-refractivity contribution < 1.29 is 13.7 Å². The van der Waals surface area contributed by atoms with E-state index in [9.17, 15) is 9.00 Å². The van der Waals surface area contributed by atoms with Gasteiger partial charge in [0.1, 0.15) is 11.4 Å². The fourth-order valence-corrected chi connectivity index (χ4v) is 7.62. The third-order valence-corrected chi connectivity index (χ3v) is 9.78. The van der Waals surface area contributed by atoms with Gasteiger partial charge in [-0.15, -0.1) is 0 Å². The standard InChI is InChI=1S/C24H32N6O3S/c1-29-23(31)27-18-5-3-2-4-17(18)24(29)9-11-30(12-10-24)22-26-19-8-15-34(32)20(19)21(28-22)25-16-6-13-33-14-7-16/h2-5,16,20-21,25H,6-15H2,1H3,(H,27,31). The number of urea groups is 1. The van der Waals surface area contributed by atoms with Gasteiger partial charge >= 0.3 is 6.03 Å². The minimum Gasteiger partial charge on any atom is -0.381 e. The lowest BCUT2D eigenvalue weighted by molar-refractivity contribution is 0.0750. The number of aliphatic imine (C=N–C) groups is 2. The lowest BCUT2D eigenvalue weighted by Crippen LogP contribution is -2.58. The van der Waals surface area contributed by atoms with Gasteiger partial charge in [0.05, 0.1) is 5.54 Å². The van der Waals surface area contributed by atoms with Crippen molar-refractivity contribution in [3.63, 3.8) is 0 Å². The van der Waals surface area contributed by atoms with Crippen LogP contribution in [-0.4, -0.2) is 88.3 Å². The summed E-state index contributed by atoms with van der Waals surface area (Å²) in [7, 11) is 0.957. The summed E-state index contributed by atoms with van der Waals surface area (Å²) in [6, 6.07) is 8.40. The zero-order valence-electron chi connectivity index (χ0n) is 19.5. The highest BCUT2D eigenvalue weighted by atomic mass is 32.2. The van der Waals surface area contributed by atoms with Crippen molar-refractivity contribution in [3.05, 3.63) is 29.8 Å². The average Bonchev–Trinajstić information content (AvgIpc) is 3.25. The van der Waals surface area contributed by atoms with Crippen LogP contribution in [0.5, 0.6) is 0 Å². The number of fused-ring (bicyclic) bond motifs is 3. The molecule has 34 heavy (non-hydrogen) atoms. The van der Waals surface area contributed by atoms with E-state index < -0.39 is 10.8 Å². The molecule has 0 aromatic heterocycles. The third kappa shape index (κ3) is 3.67. The molecule has 1 aromatic rings. The van der Waals surface area contributed by atoms with Crippen LogP contribution in [0.2, 0.25) is 0 Å². The summed E-state index contributed by atoms with van der Waals surface area (Å²) >= 11 is 0. The van der Waals surface area contributed by atoms with Crippen LogP contribution >= 0.6 is 0 Å². The Labute approximate surface area is 202 Å². The minimum atomic E-state index is -0.937. The Bertz CT molecular complexity index is 1060. The van der Waals surface area contributed by atoms with Crippen molar-refractivity contribution in [2.24, 2.45) is 9.98 Å². The van der Waals surface area contributed by atoms with Gasteiger partial charge in [-0.25, -0.2) is 14.8 Å². The number of rotatable bonds is 2. The first-order valence-corrected chi connectivity index (χ1v) is 13.7. The highest BCUT2D eigenvalue weighted by molar-refractivity contribution is 7.87. The van der Waals surface area contributed by atoms with E-state index in [2.05, 4.69) is 21.6 Å². The number of para-hydroxylation sites is 1. The van der Waals surface area contributed by atoms with Crippen molar-refractivity contribution in [3.8, 4) is 0 Å². The molecule has 9 nitrogen and oxygen atoms in total. The molecule has 3 fully saturated rings. The zero-order chi connectivity index (χ0) is 23.3. The van der Waals surface area contributed by atoms with E-state index in [4.69, 9.17) is 14.7 Å². The number of benzene rings is 1. The van der Waals surface area contributed by atoms with Crippen LogP contribution in [0.15, 0.2) is 34.3 Å². The second-order valence-corrected chi connectivity index (χ2v) is 11.5. The monoisotopic (exact) mass is 484 g/mol. The topological polar surface area (TPSA) is 98.6 Å². The maximum Gasteiger partial charge on any atom is 0.322 e. The van der Waals surface area contributed by atoms with Crippen LogP contribution in [0, 0.1) is 0 Å². The highest BCUT2D eigenvalue weighted by Gasteiger charge is 2.47. The molecular formula is C24H32N6O3S. The number of hydrogen-bond donors (Lipinski definition) is 2. The molecule has 0 bridgehead atoms. The van der Waals surface area contributed by atoms with Gasteiger partial charge in [-0.1, -0.05) is 18.2 Å². The molecule has 0 saturated carbocycles. The molecule has 5 heterocycles. The molecule has 2 N–H and O–H groups in total. The fourth-order valence-electron chi connectivity index (χ4n) is 6.06. The normalized spacial score (nSPS) is 31.0. The van der Waals surface area contributed by atoms with Crippen LogP contribution in [0.1, 0.15) is 37.7 Å². The Morgan fingerprint density at radius 2 is 1.97 bits per heavy atom. The highest BCUT2D eigenvalue weighted by Crippen LogP contribution is 2.44. The molecule has 0 aliphatic carbocycles.